The Balaban J connectivity index is 3.15. The molecule has 0 aliphatic rings. The van der Waals surface area contributed by atoms with Crippen LogP contribution in [0.1, 0.15) is 9.75 Å². The lowest BCUT2D eigenvalue weighted by Gasteiger charge is -1.91. The van der Waals surface area contributed by atoms with Crippen LogP contribution in [-0.4, -0.2) is 4.99 Å². The van der Waals surface area contributed by atoms with Crippen LogP contribution < -0.4 is 11.5 Å². The monoisotopic (exact) mass is 172 g/mol. The molecule has 4 heteroatoms. The molecule has 0 spiro atoms. The second-order valence-electron chi connectivity index (χ2n) is 2.01. The van der Waals surface area contributed by atoms with E-state index < -0.39 is 0 Å². The normalized spacial score (nSPS) is 9.70. The van der Waals surface area contributed by atoms with E-state index in [0.717, 1.165) is 9.75 Å². The van der Waals surface area contributed by atoms with Crippen molar-refractivity contribution in [1.29, 1.82) is 0 Å². The topological polar surface area (TPSA) is 52.0 Å². The molecule has 1 aromatic rings. The summed E-state index contributed by atoms with van der Waals surface area (Å²) in [7, 11) is 0. The highest BCUT2D eigenvalue weighted by Crippen LogP contribution is 2.23. The molecule has 0 aliphatic heterocycles. The highest BCUT2D eigenvalue weighted by Gasteiger charge is 2.04. The molecule has 1 heterocycles. The summed E-state index contributed by atoms with van der Waals surface area (Å²) in [6.45, 7) is 1.98. The lowest BCUT2D eigenvalue weighted by atomic mass is 10.4. The molecule has 0 aliphatic carbocycles. The molecule has 0 radical (unpaired) electrons. The second kappa shape index (κ2) is 2.56. The molecule has 10 heavy (non-hydrogen) atoms. The van der Waals surface area contributed by atoms with Gasteiger partial charge in [0, 0.05) is 4.88 Å². The molecule has 54 valence electrons. The van der Waals surface area contributed by atoms with Gasteiger partial charge in [0.25, 0.3) is 0 Å². The van der Waals surface area contributed by atoms with Gasteiger partial charge in [0.15, 0.2) is 0 Å². The fourth-order valence-electron chi connectivity index (χ4n) is 0.726. The number of anilines is 1. The van der Waals surface area contributed by atoms with E-state index in [1.807, 2.05) is 13.0 Å². The van der Waals surface area contributed by atoms with Crippen LogP contribution in [0.15, 0.2) is 6.07 Å². The Morgan fingerprint density at radius 3 is 2.50 bits per heavy atom. The van der Waals surface area contributed by atoms with Crippen molar-refractivity contribution in [2.45, 2.75) is 6.92 Å². The Morgan fingerprint density at radius 2 is 2.30 bits per heavy atom. The molecule has 0 saturated carbocycles. The van der Waals surface area contributed by atoms with Gasteiger partial charge in [-0.25, -0.2) is 0 Å². The minimum atomic E-state index is 0.385. The Kier molecular flexibility index (Phi) is 1.92. The number of hydrogen-bond donors (Lipinski definition) is 2. The van der Waals surface area contributed by atoms with Gasteiger partial charge in [0.05, 0.1) is 10.6 Å². The maximum Gasteiger partial charge on any atom is 0.116 e. The van der Waals surface area contributed by atoms with Crippen molar-refractivity contribution in [3.63, 3.8) is 0 Å². The van der Waals surface area contributed by atoms with Crippen molar-refractivity contribution in [1.82, 2.24) is 0 Å². The molecule has 4 N–H and O–H groups in total. The summed E-state index contributed by atoms with van der Waals surface area (Å²) in [5, 5.41) is 0. The maximum absolute atomic E-state index is 5.59. The first-order chi connectivity index (χ1) is 4.61. The van der Waals surface area contributed by atoms with Gasteiger partial charge in [0.1, 0.15) is 4.99 Å². The number of thiocarbonyl (C=S) groups is 1. The van der Waals surface area contributed by atoms with Gasteiger partial charge in [-0.15, -0.1) is 11.3 Å². The minimum absolute atomic E-state index is 0.385. The maximum atomic E-state index is 5.59. The van der Waals surface area contributed by atoms with Gasteiger partial charge < -0.3 is 11.5 Å². The van der Waals surface area contributed by atoms with Gasteiger partial charge in [0.2, 0.25) is 0 Å². The van der Waals surface area contributed by atoms with Crippen molar-refractivity contribution in [3.05, 3.63) is 15.8 Å². The summed E-state index contributed by atoms with van der Waals surface area (Å²) < 4.78 is 0. The highest BCUT2D eigenvalue weighted by atomic mass is 32.1. The highest BCUT2D eigenvalue weighted by molar-refractivity contribution is 7.81. The van der Waals surface area contributed by atoms with Gasteiger partial charge >= 0.3 is 0 Å². The summed E-state index contributed by atoms with van der Waals surface area (Å²) in [6.07, 6.45) is 0. The van der Waals surface area contributed by atoms with E-state index in [1.165, 1.54) is 11.3 Å². The lowest BCUT2D eigenvalue weighted by molar-refractivity contribution is 1.63. The second-order valence-corrected chi connectivity index (χ2v) is 3.70. The van der Waals surface area contributed by atoms with Crippen LogP contribution in [0.4, 0.5) is 5.69 Å². The van der Waals surface area contributed by atoms with E-state index in [1.54, 1.807) is 0 Å². The number of thiophene rings is 1. The van der Waals surface area contributed by atoms with Crippen LogP contribution in [0.3, 0.4) is 0 Å². The molecule has 1 rings (SSSR count). The van der Waals surface area contributed by atoms with Crippen LogP contribution in [0.25, 0.3) is 0 Å². The third-order valence-corrected chi connectivity index (χ3v) is 2.54. The first-order valence-corrected chi connectivity index (χ1v) is 3.99. The summed E-state index contributed by atoms with van der Waals surface area (Å²) >= 11 is 6.30. The Labute approximate surface area is 68.8 Å². The van der Waals surface area contributed by atoms with Crippen LogP contribution in [-0.2, 0) is 0 Å². The number of rotatable bonds is 1. The molecule has 0 amide bonds. The fourth-order valence-corrected chi connectivity index (χ4v) is 1.75. The molecule has 0 saturated heterocycles. The van der Waals surface area contributed by atoms with Crippen LogP contribution in [0.2, 0.25) is 0 Å². The average molecular weight is 172 g/mol. The SMILES string of the molecule is Cc1cc(N)c(C(N)=S)s1. The summed E-state index contributed by atoms with van der Waals surface area (Å²) in [5.74, 6) is 0. The van der Waals surface area contributed by atoms with Crippen LogP contribution >= 0.6 is 23.6 Å². The molecular weight excluding hydrogens is 164 g/mol. The summed E-state index contributed by atoms with van der Waals surface area (Å²) in [6, 6.07) is 1.87. The van der Waals surface area contributed by atoms with Crippen LogP contribution in [0.5, 0.6) is 0 Å². The van der Waals surface area contributed by atoms with E-state index in [2.05, 4.69) is 0 Å². The van der Waals surface area contributed by atoms with Crippen molar-refractivity contribution in [2.24, 2.45) is 5.73 Å². The third kappa shape index (κ3) is 1.27. The Morgan fingerprint density at radius 1 is 1.70 bits per heavy atom. The number of nitrogens with two attached hydrogens (primary N) is 2. The smallest absolute Gasteiger partial charge is 0.116 e. The third-order valence-electron chi connectivity index (χ3n) is 1.11. The van der Waals surface area contributed by atoms with Gasteiger partial charge in [-0.1, -0.05) is 12.2 Å². The number of hydrogen-bond acceptors (Lipinski definition) is 3. The van der Waals surface area contributed by atoms with Crippen molar-refractivity contribution in [2.75, 3.05) is 5.73 Å². The zero-order valence-electron chi connectivity index (χ0n) is 5.55. The Bertz CT molecular complexity index is 265. The van der Waals surface area contributed by atoms with E-state index >= 15 is 0 Å². The molecule has 0 fully saturated rings. The molecule has 0 bridgehead atoms. The number of nitrogen functional groups attached to an aromatic ring is 1. The average Bonchev–Trinajstić information content (AvgIpc) is 2.10. The molecular formula is C6H8N2S2. The number of aryl methyl sites for hydroxylation is 1. The first-order valence-electron chi connectivity index (χ1n) is 2.77. The largest absolute Gasteiger partial charge is 0.397 e. The van der Waals surface area contributed by atoms with E-state index in [-0.39, 0.29) is 0 Å². The van der Waals surface area contributed by atoms with Gasteiger partial charge in [-0.05, 0) is 13.0 Å². The quantitative estimate of drug-likeness (QED) is 0.627. The minimum Gasteiger partial charge on any atom is -0.397 e. The lowest BCUT2D eigenvalue weighted by Crippen LogP contribution is -2.08. The first kappa shape index (κ1) is 7.50. The predicted octanol–water partition coefficient (Wildman–Crippen LogP) is 1.27. The summed E-state index contributed by atoms with van der Waals surface area (Å²) in [4.78, 5) is 2.35. The molecule has 2 nitrogen and oxygen atoms in total. The van der Waals surface area contributed by atoms with Crippen molar-refractivity contribution in [3.8, 4) is 0 Å². The van der Waals surface area contributed by atoms with Gasteiger partial charge in [-0.3, -0.25) is 0 Å². The predicted molar refractivity (Wildman–Crippen MR) is 49.4 cm³/mol. The standard InChI is InChI=1S/C6H8N2S2/c1-3-2-4(7)5(10-3)6(8)9/h2H,7H2,1H3,(H2,8,9). The summed E-state index contributed by atoms with van der Waals surface area (Å²) in [5.41, 5.74) is 11.7. The van der Waals surface area contributed by atoms with Crippen molar-refractivity contribution < 1.29 is 0 Å². The van der Waals surface area contributed by atoms with Crippen LogP contribution in [0, 0.1) is 6.92 Å². The molecule has 0 unspecified atom stereocenters. The molecule has 1 aromatic heterocycles. The van der Waals surface area contributed by atoms with E-state index in [0.29, 0.717) is 10.7 Å². The fraction of sp³-hybridized carbons (Fsp3) is 0.167. The Hall–Kier alpha value is -0.610. The molecule has 0 aromatic carbocycles. The van der Waals surface area contributed by atoms with E-state index in [4.69, 9.17) is 23.7 Å². The zero-order chi connectivity index (χ0) is 7.72. The van der Waals surface area contributed by atoms with Gasteiger partial charge in [-0.2, -0.15) is 0 Å². The zero-order valence-corrected chi connectivity index (χ0v) is 7.18. The van der Waals surface area contributed by atoms with Crippen molar-refractivity contribution >= 4 is 34.2 Å². The van der Waals surface area contributed by atoms with E-state index in [9.17, 15) is 0 Å². The molecule has 0 atom stereocenters.